The topological polar surface area (TPSA) is 46.2 Å². The number of hydrogen-bond acceptors (Lipinski definition) is 2. The summed E-state index contributed by atoms with van der Waals surface area (Å²) in [6.07, 6.45) is 0. The molecule has 0 fully saturated rings. The molecule has 0 aromatic heterocycles. The zero-order chi connectivity index (χ0) is 10.8. The van der Waals surface area contributed by atoms with Crippen LogP contribution in [0.4, 0.5) is 5.69 Å². The molecule has 0 atom stereocenters. The Balaban J connectivity index is 2.49. The Labute approximate surface area is 89.0 Å². The van der Waals surface area contributed by atoms with Gasteiger partial charge in [0.15, 0.2) is 0 Å². The maximum atomic E-state index is 9.73. The molecule has 15 heavy (non-hydrogen) atoms. The zero-order valence-electron chi connectivity index (χ0n) is 8.57. The van der Waals surface area contributed by atoms with E-state index in [9.17, 15) is 5.11 Å². The number of nitrogens with two attached hydrogens (primary N) is 1. The lowest BCUT2D eigenvalue weighted by molar-refractivity contribution is 0.477. The summed E-state index contributed by atoms with van der Waals surface area (Å²) in [4.78, 5) is 0. The lowest BCUT2D eigenvalue weighted by atomic mass is 10.0. The van der Waals surface area contributed by atoms with Crippen LogP contribution in [0.25, 0.3) is 11.1 Å². The summed E-state index contributed by atoms with van der Waals surface area (Å²) in [5.74, 6) is 0.221. The number of hydrogen-bond donors (Lipinski definition) is 2. The normalized spacial score (nSPS) is 10.2. The largest absolute Gasteiger partial charge is 0.507 e. The van der Waals surface area contributed by atoms with Crippen LogP contribution in [0.2, 0.25) is 0 Å². The number of benzene rings is 2. The molecule has 2 heteroatoms. The van der Waals surface area contributed by atoms with Gasteiger partial charge < -0.3 is 10.8 Å². The van der Waals surface area contributed by atoms with E-state index in [-0.39, 0.29) is 5.75 Å². The van der Waals surface area contributed by atoms with Gasteiger partial charge in [-0.05, 0) is 24.6 Å². The van der Waals surface area contributed by atoms with Crippen LogP contribution in [-0.2, 0) is 0 Å². The van der Waals surface area contributed by atoms with Gasteiger partial charge in [0.05, 0.1) is 0 Å². The third-order valence-electron chi connectivity index (χ3n) is 2.38. The fourth-order valence-electron chi connectivity index (χ4n) is 1.53. The van der Waals surface area contributed by atoms with Gasteiger partial charge in [0.1, 0.15) is 5.75 Å². The van der Waals surface area contributed by atoms with Crippen molar-refractivity contribution in [2.24, 2.45) is 0 Å². The van der Waals surface area contributed by atoms with E-state index >= 15 is 0 Å². The van der Waals surface area contributed by atoms with Gasteiger partial charge in [-0.3, -0.25) is 0 Å². The molecule has 0 radical (unpaired) electrons. The number of phenols is 1. The highest BCUT2D eigenvalue weighted by Crippen LogP contribution is 2.30. The SMILES string of the molecule is Cc1ccc(-c2ccc(N)cc2O)cc1. The van der Waals surface area contributed by atoms with Crippen molar-refractivity contribution < 1.29 is 5.11 Å². The van der Waals surface area contributed by atoms with Crippen LogP contribution in [0, 0.1) is 6.92 Å². The van der Waals surface area contributed by atoms with Crippen molar-refractivity contribution in [3.63, 3.8) is 0 Å². The summed E-state index contributed by atoms with van der Waals surface area (Å²) in [5.41, 5.74) is 9.15. The predicted molar refractivity (Wildman–Crippen MR) is 62.7 cm³/mol. The smallest absolute Gasteiger partial charge is 0.125 e. The molecule has 2 aromatic rings. The third-order valence-corrected chi connectivity index (χ3v) is 2.38. The van der Waals surface area contributed by atoms with Gasteiger partial charge in [-0.25, -0.2) is 0 Å². The minimum atomic E-state index is 0.221. The number of aryl methyl sites for hydroxylation is 1. The monoisotopic (exact) mass is 199 g/mol. The fraction of sp³-hybridized carbons (Fsp3) is 0.0769. The van der Waals surface area contributed by atoms with Crippen molar-refractivity contribution in [1.29, 1.82) is 0 Å². The Kier molecular flexibility index (Phi) is 2.34. The Morgan fingerprint density at radius 2 is 1.67 bits per heavy atom. The minimum Gasteiger partial charge on any atom is -0.507 e. The fourth-order valence-corrected chi connectivity index (χ4v) is 1.53. The molecular weight excluding hydrogens is 186 g/mol. The van der Waals surface area contributed by atoms with Crippen LogP contribution in [0.1, 0.15) is 5.56 Å². The predicted octanol–water partition coefficient (Wildman–Crippen LogP) is 2.95. The molecule has 0 amide bonds. The minimum absolute atomic E-state index is 0.221. The molecule has 0 aliphatic heterocycles. The van der Waals surface area contributed by atoms with Crippen LogP contribution in [0.15, 0.2) is 42.5 Å². The summed E-state index contributed by atoms with van der Waals surface area (Å²) in [6.45, 7) is 2.03. The molecule has 0 aliphatic rings. The van der Waals surface area contributed by atoms with Gasteiger partial charge in [0.2, 0.25) is 0 Å². The molecule has 76 valence electrons. The molecule has 2 aromatic carbocycles. The first-order valence-electron chi connectivity index (χ1n) is 4.82. The molecule has 0 heterocycles. The zero-order valence-corrected chi connectivity index (χ0v) is 8.57. The first-order valence-corrected chi connectivity index (χ1v) is 4.82. The number of phenolic OH excluding ortho intramolecular Hbond substituents is 1. The lowest BCUT2D eigenvalue weighted by Gasteiger charge is -2.05. The van der Waals surface area contributed by atoms with Gasteiger partial charge in [-0.1, -0.05) is 29.8 Å². The summed E-state index contributed by atoms with van der Waals surface area (Å²) in [7, 11) is 0. The standard InChI is InChI=1S/C13H13NO/c1-9-2-4-10(5-3-9)12-7-6-11(14)8-13(12)15/h2-8,15H,14H2,1H3. The van der Waals surface area contributed by atoms with Gasteiger partial charge in [-0.2, -0.15) is 0 Å². The Bertz CT molecular complexity index is 474. The van der Waals surface area contributed by atoms with Crippen molar-refractivity contribution in [2.45, 2.75) is 6.92 Å². The molecule has 2 rings (SSSR count). The van der Waals surface area contributed by atoms with E-state index in [2.05, 4.69) is 0 Å². The van der Waals surface area contributed by atoms with Crippen molar-refractivity contribution in [3.05, 3.63) is 48.0 Å². The second kappa shape index (κ2) is 3.65. The Hall–Kier alpha value is -1.96. The van der Waals surface area contributed by atoms with E-state index in [1.165, 1.54) is 5.56 Å². The highest BCUT2D eigenvalue weighted by atomic mass is 16.3. The third kappa shape index (κ3) is 1.94. The molecule has 0 unspecified atom stereocenters. The van der Waals surface area contributed by atoms with Crippen LogP contribution in [0.5, 0.6) is 5.75 Å². The summed E-state index contributed by atoms with van der Waals surface area (Å²) in [5, 5.41) is 9.73. The van der Waals surface area contributed by atoms with E-state index in [4.69, 9.17) is 5.73 Å². The van der Waals surface area contributed by atoms with Crippen LogP contribution >= 0.6 is 0 Å². The summed E-state index contributed by atoms with van der Waals surface area (Å²) < 4.78 is 0. The maximum Gasteiger partial charge on any atom is 0.125 e. The Morgan fingerprint density at radius 3 is 2.27 bits per heavy atom. The van der Waals surface area contributed by atoms with Gasteiger partial charge in [0, 0.05) is 17.3 Å². The Morgan fingerprint density at radius 1 is 1.00 bits per heavy atom. The van der Waals surface area contributed by atoms with Crippen molar-refractivity contribution in [2.75, 3.05) is 5.73 Å². The molecule has 0 saturated carbocycles. The van der Waals surface area contributed by atoms with Gasteiger partial charge in [-0.15, -0.1) is 0 Å². The van der Waals surface area contributed by atoms with Crippen LogP contribution in [0.3, 0.4) is 0 Å². The second-order valence-electron chi connectivity index (χ2n) is 3.64. The van der Waals surface area contributed by atoms with E-state index < -0.39 is 0 Å². The lowest BCUT2D eigenvalue weighted by Crippen LogP contribution is -1.85. The van der Waals surface area contributed by atoms with E-state index in [1.54, 1.807) is 12.1 Å². The first kappa shape index (κ1) is 9.59. The average molecular weight is 199 g/mol. The van der Waals surface area contributed by atoms with Crippen molar-refractivity contribution in [3.8, 4) is 16.9 Å². The molecule has 0 spiro atoms. The molecule has 2 nitrogen and oxygen atoms in total. The quantitative estimate of drug-likeness (QED) is 0.693. The van der Waals surface area contributed by atoms with E-state index in [0.29, 0.717) is 5.69 Å². The first-order chi connectivity index (χ1) is 7.16. The van der Waals surface area contributed by atoms with Crippen LogP contribution in [-0.4, -0.2) is 5.11 Å². The molecule has 0 bridgehead atoms. The van der Waals surface area contributed by atoms with Crippen molar-refractivity contribution >= 4 is 5.69 Å². The van der Waals surface area contributed by atoms with Gasteiger partial charge in [0.25, 0.3) is 0 Å². The number of aromatic hydroxyl groups is 1. The molecule has 0 saturated heterocycles. The number of nitrogen functional groups attached to an aromatic ring is 1. The van der Waals surface area contributed by atoms with Crippen molar-refractivity contribution in [1.82, 2.24) is 0 Å². The van der Waals surface area contributed by atoms with E-state index in [0.717, 1.165) is 11.1 Å². The second-order valence-corrected chi connectivity index (χ2v) is 3.64. The van der Waals surface area contributed by atoms with E-state index in [1.807, 2.05) is 37.3 Å². The average Bonchev–Trinajstić information content (AvgIpc) is 2.20. The molecule has 0 aliphatic carbocycles. The molecular formula is C13H13NO. The maximum absolute atomic E-state index is 9.73. The number of rotatable bonds is 1. The van der Waals surface area contributed by atoms with Gasteiger partial charge >= 0.3 is 0 Å². The number of anilines is 1. The summed E-state index contributed by atoms with van der Waals surface area (Å²) >= 11 is 0. The highest BCUT2D eigenvalue weighted by Gasteiger charge is 2.03. The molecule has 3 N–H and O–H groups in total. The highest BCUT2D eigenvalue weighted by molar-refractivity contribution is 5.72. The van der Waals surface area contributed by atoms with Crippen LogP contribution < -0.4 is 5.73 Å². The summed E-state index contributed by atoms with van der Waals surface area (Å²) in [6, 6.07) is 13.2.